The molecule has 2 aliphatic heterocycles. The van der Waals surface area contributed by atoms with Crippen molar-refractivity contribution in [2.75, 3.05) is 45.9 Å². The Morgan fingerprint density at radius 3 is 2.55 bits per heavy atom. The van der Waals surface area contributed by atoms with Crippen LogP contribution in [-0.2, 0) is 16.0 Å². The van der Waals surface area contributed by atoms with Gasteiger partial charge in [0.2, 0.25) is 0 Å². The van der Waals surface area contributed by atoms with E-state index in [2.05, 4.69) is 35.8 Å². The van der Waals surface area contributed by atoms with E-state index in [0.717, 1.165) is 52.2 Å². The molecule has 2 N–H and O–H groups in total. The third-order valence-corrected chi connectivity index (χ3v) is 6.70. The first-order chi connectivity index (χ1) is 13.8. The first kappa shape index (κ1) is 22.2. The summed E-state index contributed by atoms with van der Waals surface area (Å²) < 4.78 is 5.48. The lowest BCUT2D eigenvalue weighted by atomic mass is 9.73. The van der Waals surface area contributed by atoms with E-state index in [1.165, 1.54) is 5.56 Å². The molecule has 1 aromatic rings. The summed E-state index contributed by atoms with van der Waals surface area (Å²) in [6.45, 7) is 9.71. The van der Waals surface area contributed by atoms with Crippen LogP contribution in [0.5, 0.6) is 0 Å². The molecule has 0 unspecified atom stereocenters. The number of hydrogen-bond donors (Lipinski definition) is 2. The maximum Gasteiger partial charge on any atom is 0.313 e. The fraction of sp³-hybridized carbons (Fsp3) is 0.696. The summed E-state index contributed by atoms with van der Waals surface area (Å²) in [5.41, 5.74) is 0.0673. The standard InChI is InChI=1S/C23H36N2O4/c1-22(2,25-13-15-29-16-14-25)17-24-12-10-20(26)23(18-24,21(27)28)11-6-9-19-7-4-3-5-8-19/h3-5,7-8,20,26H,6,9-18H2,1-2H3,(H,27,28)/t20-,23+/m0/s1. The minimum atomic E-state index is -1.09. The van der Waals surface area contributed by atoms with Crippen molar-refractivity contribution in [1.82, 2.24) is 9.80 Å². The van der Waals surface area contributed by atoms with Crippen molar-refractivity contribution in [2.45, 2.75) is 51.2 Å². The number of likely N-dealkylation sites (tertiary alicyclic amines) is 1. The van der Waals surface area contributed by atoms with E-state index >= 15 is 0 Å². The smallest absolute Gasteiger partial charge is 0.313 e. The molecule has 6 nitrogen and oxygen atoms in total. The number of carbonyl (C=O) groups is 1. The molecule has 2 saturated heterocycles. The van der Waals surface area contributed by atoms with Crippen LogP contribution in [0.3, 0.4) is 0 Å². The number of hydrogen-bond acceptors (Lipinski definition) is 5. The van der Waals surface area contributed by atoms with Gasteiger partial charge in [-0.2, -0.15) is 0 Å². The summed E-state index contributed by atoms with van der Waals surface area (Å²) >= 11 is 0. The number of morpholine rings is 1. The van der Waals surface area contributed by atoms with Gasteiger partial charge in [0.25, 0.3) is 0 Å². The molecule has 0 radical (unpaired) electrons. The van der Waals surface area contributed by atoms with Gasteiger partial charge in [0.05, 0.1) is 19.3 Å². The number of benzene rings is 1. The lowest BCUT2D eigenvalue weighted by Gasteiger charge is -2.48. The topological polar surface area (TPSA) is 73.2 Å². The Bertz CT molecular complexity index is 660. The fourth-order valence-electron chi connectivity index (χ4n) is 4.93. The lowest BCUT2D eigenvalue weighted by Crippen LogP contribution is -2.61. The van der Waals surface area contributed by atoms with Crippen molar-refractivity contribution < 1.29 is 19.7 Å². The Kier molecular flexibility index (Phi) is 7.32. The van der Waals surface area contributed by atoms with Crippen LogP contribution in [0.15, 0.2) is 30.3 Å². The van der Waals surface area contributed by atoms with Crippen LogP contribution in [0.4, 0.5) is 0 Å². The molecule has 0 spiro atoms. The summed E-state index contributed by atoms with van der Waals surface area (Å²) in [5, 5.41) is 20.8. The van der Waals surface area contributed by atoms with Crippen LogP contribution >= 0.6 is 0 Å². The number of carboxylic acid groups (broad SMARTS) is 1. The molecule has 2 aliphatic rings. The Morgan fingerprint density at radius 1 is 1.21 bits per heavy atom. The highest BCUT2D eigenvalue weighted by Crippen LogP contribution is 2.37. The fourth-order valence-corrected chi connectivity index (χ4v) is 4.93. The minimum Gasteiger partial charge on any atom is -0.481 e. The van der Waals surface area contributed by atoms with Gasteiger partial charge in [0.15, 0.2) is 0 Å². The zero-order chi connectivity index (χ0) is 20.9. The number of carboxylic acids is 1. The monoisotopic (exact) mass is 404 g/mol. The first-order valence-corrected chi connectivity index (χ1v) is 10.8. The van der Waals surface area contributed by atoms with E-state index in [1.807, 2.05) is 18.2 Å². The Hall–Kier alpha value is -1.47. The summed E-state index contributed by atoms with van der Waals surface area (Å²) in [6, 6.07) is 10.1. The molecule has 6 heteroatoms. The Morgan fingerprint density at radius 2 is 1.90 bits per heavy atom. The zero-order valence-electron chi connectivity index (χ0n) is 17.8. The van der Waals surface area contributed by atoms with Gasteiger partial charge in [-0.25, -0.2) is 0 Å². The van der Waals surface area contributed by atoms with Crippen LogP contribution in [-0.4, -0.2) is 83.6 Å². The quantitative estimate of drug-likeness (QED) is 0.692. The molecular weight excluding hydrogens is 368 g/mol. The predicted octanol–water partition coefficient (Wildman–Crippen LogP) is 2.26. The summed E-state index contributed by atoms with van der Waals surface area (Å²) in [6.07, 6.45) is 1.80. The normalized spacial score (nSPS) is 27.1. The molecule has 3 rings (SSSR count). The number of nitrogens with zero attached hydrogens (tertiary/aromatic N) is 2. The highest BCUT2D eigenvalue weighted by atomic mass is 16.5. The highest BCUT2D eigenvalue weighted by molar-refractivity contribution is 5.76. The van der Waals surface area contributed by atoms with Gasteiger partial charge in [-0.15, -0.1) is 0 Å². The number of ether oxygens (including phenoxy) is 1. The van der Waals surface area contributed by atoms with Crippen molar-refractivity contribution in [3.8, 4) is 0 Å². The third-order valence-electron chi connectivity index (χ3n) is 6.70. The SMILES string of the molecule is CC(C)(CN1CC[C@H](O)[C@](CCCc2ccccc2)(C(=O)O)C1)N1CCOCC1. The van der Waals surface area contributed by atoms with Gasteiger partial charge in [0, 0.05) is 38.3 Å². The summed E-state index contributed by atoms with van der Waals surface area (Å²) in [7, 11) is 0. The molecule has 2 heterocycles. The van der Waals surface area contributed by atoms with E-state index in [0.29, 0.717) is 19.4 Å². The van der Waals surface area contributed by atoms with Gasteiger partial charge < -0.3 is 19.8 Å². The molecule has 29 heavy (non-hydrogen) atoms. The van der Waals surface area contributed by atoms with E-state index in [9.17, 15) is 15.0 Å². The van der Waals surface area contributed by atoms with Gasteiger partial charge in [0.1, 0.15) is 5.41 Å². The van der Waals surface area contributed by atoms with Gasteiger partial charge in [-0.05, 0) is 45.1 Å². The maximum atomic E-state index is 12.3. The van der Waals surface area contributed by atoms with Crippen LogP contribution in [0.25, 0.3) is 0 Å². The molecular formula is C23H36N2O4. The van der Waals surface area contributed by atoms with E-state index < -0.39 is 17.5 Å². The van der Waals surface area contributed by atoms with Crippen molar-refractivity contribution in [3.63, 3.8) is 0 Å². The number of aliphatic hydroxyl groups is 1. The predicted molar refractivity (Wildman–Crippen MR) is 113 cm³/mol. The second-order valence-corrected chi connectivity index (χ2v) is 9.23. The van der Waals surface area contributed by atoms with Crippen molar-refractivity contribution >= 4 is 5.97 Å². The lowest BCUT2D eigenvalue weighted by molar-refractivity contribution is -0.165. The third kappa shape index (κ3) is 5.37. The Labute approximate surface area is 174 Å². The molecule has 162 valence electrons. The van der Waals surface area contributed by atoms with Crippen molar-refractivity contribution in [3.05, 3.63) is 35.9 Å². The maximum absolute atomic E-state index is 12.3. The molecule has 1 aromatic carbocycles. The minimum absolute atomic E-state index is 0.0552. The van der Waals surface area contributed by atoms with Crippen molar-refractivity contribution in [1.29, 1.82) is 0 Å². The van der Waals surface area contributed by atoms with Gasteiger partial charge >= 0.3 is 5.97 Å². The molecule has 0 saturated carbocycles. The van der Waals surface area contributed by atoms with Crippen molar-refractivity contribution in [2.24, 2.45) is 5.41 Å². The van der Waals surface area contributed by atoms with Crippen LogP contribution in [0.1, 0.15) is 38.7 Å². The summed E-state index contributed by atoms with van der Waals surface area (Å²) in [5.74, 6) is -0.869. The highest BCUT2D eigenvalue weighted by Gasteiger charge is 2.49. The number of rotatable bonds is 8. The number of aryl methyl sites for hydroxylation is 1. The second-order valence-electron chi connectivity index (χ2n) is 9.23. The molecule has 2 fully saturated rings. The molecule has 0 bridgehead atoms. The summed E-state index contributed by atoms with van der Waals surface area (Å²) in [4.78, 5) is 17.0. The van der Waals surface area contributed by atoms with Crippen LogP contribution < -0.4 is 0 Å². The average Bonchev–Trinajstić information content (AvgIpc) is 2.71. The van der Waals surface area contributed by atoms with E-state index in [-0.39, 0.29) is 5.54 Å². The molecule has 2 atom stereocenters. The van der Waals surface area contributed by atoms with E-state index in [1.54, 1.807) is 0 Å². The number of piperidine rings is 1. The van der Waals surface area contributed by atoms with E-state index in [4.69, 9.17) is 4.74 Å². The number of aliphatic carboxylic acids is 1. The molecule has 0 amide bonds. The zero-order valence-corrected chi connectivity index (χ0v) is 17.8. The molecule has 0 aromatic heterocycles. The Balaban J connectivity index is 1.65. The largest absolute Gasteiger partial charge is 0.481 e. The average molecular weight is 405 g/mol. The van der Waals surface area contributed by atoms with Crippen LogP contribution in [0, 0.1) is 5.41 Å². The van der Waals surface area contributed by atoms with Crippen LogP contribution in [0.2, 0.25) is 0 Å². The first-order valence-electron chi connectivity index (χ1n) is 10.8. The molecule has 0 aliphatic carbocycles. The van der Waals surface area contributed by atoms with Gasteiger partial charge in [-0.3, -0.25) is 9.69 Å². The number of aliphatic hydroxyl groups excluding tert-OH is 1. The second kappa shape index (κ2) is 9.56. The van der Waals surface area contributed by atoms with Gasteiger partial charge in [-0.1, -0.05) is 30.3 Å².